The van der Waals surface area contributed by atoms with Crippen molar-refractivity contribution in [2.45, 2.75) is 89.3 Å². The number of Topliss-reactive ketones (excluding diaryl/α,β-unsaturated/α-hetero) is 3. The number of ether oxygens (including phenoxy) is 1. The number of hydrogen-bond donors (Lipinski definition) is 1. The first-order valence-corrected chi connectivity index (χ1v) is 14.6. The van der Waals surface area contributed by atoms with Gasteiger partial charge in [-0.3, -0.25) is 14.4 Å². The molecule has 34 heavy (non-hydrogen) atoms. The molecule has 1 heterocycles. The molecule has 2 fully saturated rings. The Balaban J connectivity index is 1.69. The van der Waals surface area contributed by atoms with E-state index in [0.29, 0.717) is 33.3 Å². The van der Waals surface area contributed by atoms with E-state index in [1.54, 1.807) is 19.1 Å². The maximum Gasteiger partial charge on any atom is 0.200 e. The molecule has 182 valence electrons. The SMILES string of the molecule is CC(C)[Si](O[C@@H]1[C@H]2C3=C(C(=O)CC2C(=O)[C@@]2(C)O[C@@H]12)c1c(O)cccc1C3=O)(C(C)C)C(C)C. The molecule has 0 radical (unpaired) electrons. The van der Waals surface area contributed by atoms with Crippen molar-refractivity contribution in [1.82, 2.24) is 0 Å². The maximum atomic E-state index is 13.7. The van der Waals surface area contributed by atoms with Gasteiger partial charge >= 0.3 is 0 Å². The highest BCUT2D eigenvalue weighted by molar-refractivity contribution is 6.77. The van der Waals surface area contributed by atoms with Crippen LogP contribution in [0, 0.1) is 11.8 Å². The zero-order chi connectivity index (χ0) is 24.9. The molecule has 1 aliphatic heterocycles. The Bertz CT molecular complexity index is 1130. The first kappa shape index (κ1) is 23.6. The molecule has 6 nitrogen and oxygen atoms in total. The highest BCUT2D eigenvalue weighted by Gasteiger charge is 2.73. The summed E-state index contributed by atoms with van der Waals surface area (Å²) in [7, 11) is -2.39. The van der Waals surface area contributed by atoms with Gasteiger partial charge in [0.25, 0.3) is 0 Å². The van der Waals surface area contributed by atoms with Crippen LogP contribution in [0.5, 0.6) is 5.75 Å². The quantitative estimate of drug-likeness (QED) is 0.476. The van der Waals surface area contributed by atoms with Gasteiger partial charge in [-0.25, -0.2) is 0 Å². The van der Waals surface area contributed by atoms with Crippen LogP contribution in [0.25, 0.3) is 5.57 Å². The molecule has 5 rings (SSSR count). The van der Waals surface area contributed by atoms with Gasteiger partial charge in [-0.05, 0) is 29.6 Å². The minimum atomic E-state index is -2.39. The van der Waals surface area contributed by atoms with Gasteiger partial charge in [0, 0.05) is 40.5 Å². The topological polar surface area (TPSA) is 93.2 Å². The van der Waals surface area contributed by atoms with Crippen molar-refractivity contribution in [1.29, 1.82) is 0 Å². The summed E-state index contributed by atoms with van der Waals surface area (Å²) in [6.07, 6.45) is -0.907. The van der Waals surface area contributed by atoms with Crippen molar-refractivity contribution in [2.24, 2.45) is 11.8 Å². The Morgan fingerprint density at radius 3 is 2.26 bits per heavy atom. The average molecular weight is 483 g/mol. The normalized spacial score (nSPS) is 32.4. The van der Waals surface area contributed by atoms with Gasteiger partial charge < -0.3 is 14.3 Å². The summed E-state index contributed by atoms with van der Waals surface area (Å²) in [6.45, 7) is 15.0. The molecular weight excluding hydrogens is 448 g/mol. The second-order valence-electron chi connectivity index (χ2n) is 11.5. The number of phenols is 1. The highest BCUT2D eigenvalue weighted by Crippen LogP contribution is 2.60. The van der Waals surface area contributed by atoms with Crippen LogP contribution in [0.1, 0.15) is 70.8 Å². The molecule has 7 heteroatoms. The van der Waals surface area contributed by atoms with E-state index in [0.717, 1.165) is 0 Å². The number of benzene rings is 1. The van der Waals surface area contributed by atoms with Gasteiger partial charge in [0.1, 0.15) is 11.9 Å². The second kappa shape index (κ2) is 7.45. The van der Waals surface area contributed by atoms with E-state index in [1.807, 2.05) is 0 Å². The zero-order valence-electron chi connectivity index (χ0n) is 21.0. The third-order valence-corrected chi connectivity index (χ3v) is 15.0. The Morgan fingerprint density at radius 2 is 1.68 bits per heavy atom. The zero-order valence-corrected chi connectivity index (χ0v) is 22.0. The van der Waals surface area contributed by atoms with Crippen molar-refractivity contribution in [3.63, 3.8) is 0 Å². The summed E-state index contributed by atoms with van der Waals surface area (Å²) >= 11 is 0. The van der Waals surface area contributed by atoms with Gasteiger partial charge in [0.05, 0.1) is 6.10 Å². The van der Waals surface area contributed by atoms with E-state index < -0.39 is 38.0 Å². The first-order chi connectivity index (χ1) is 15.9. The van der Waals surface area contributed by atoms with Crippen LogP contribution in [0.2, 0.25) is 16.6 Å². The lowest BCUT2D eigenvalue weighted by atomic mass is 9.63. The van der Waals surface area contributed by atoms with E-state index in [9.17, 15) is 19.5 Å². The van der Waals surface area contributed by atoms with Gasteiger partial charge in [-0.1, -0.05) is 53.7 Å². The molecule has 0 aromatic heterocycles. The predicted octanol–water partition coefficient (Wildman–Crippen LogP) is 4.85. The third kappa shape index (κ3) is 2.83. The van der Waals surface area contributed by atoms with Crippen molar-refractivity contribution >= 4 is 31.2 Å². The minimum Gasteiger partial charge on any atom is -0.507 e. The van der Waals surface area contributed by atoms with Crippen LogP contribution < -0.4 is 0 Å². The number of carbonyl (C=O) groups excluding carboxylic acids is 3. The van der Waals surface area contributed by atoms with Crippen LogP contribution in [0.3, 0.4) is 0 Å². The van der Waals surface area contributed by atoms with Gasteiger partial charge in [-0.15, -0.1) is 0 Å². The molecular formula is C27H34O6Si. The lowest BCUT2D eigenvalue weighted by Crippen LogP contribution is -2.59. The minimum absolute atomic E-state index is 0.00844. The van der Waals surface area contributed by atoms with E-state index in [4.69, 9.17) is 9.16 Å². The third-order valence-electron chi connectivity index (χ3n) is 8.89. The number of hydrogen-bond acceptors (Lipinski definition) is 6. The average Bonchev–Trinajstić information content (AvgIpc) is 3.36. The van der Waals surface area contributed by atoms with Crippen molar-refractivity contribution in [3.05, 3.63) is 34.9 Å². The fourth-order valence-electron chi connectivity index (χ4n) is 7.42. The summed E-state index contributed by atoms with van der Waals surface area (Å²) in [5.41, 5.74) is 1.22. The van der Waals surface area contributed by atoms with Crippen LogP contribution in [-0.4, -0.2) is 48.6 Å². The summed E-state index contributed by atoms with van der Waals surface area (Å²) in [5, 5.41) is 10.6. The molecule has 4 aliphatic rings. The molecule has 1 aromatic carbocycles. The van der Waals surface area contributed by atoms with Crippen molar-refractivity contribution in [3.8, 4) is 5.75 Å². The number of carbonyl (C=O) groups is 3. The molecule has 0 amide bonds. The number of aromatic hydroxyl groups is 1. The number of allylic oxidation sites excluding steroid dienone is 1. The molecule has 1 N–H and O–H groups in total. The monoisotopic (exact) mass is 482 g/mol. The molecule has 0 spiro atoms. The van der Waals surface area contributed by atoms with Crippen LogP contribution in [-0.2, 0) is 18.8 Å². The molecule has 5 atom stereocenters. The predicted molar refractivity (Wildman–Crippen MR) is 130 cm³/mol. The van der Waals surface area contributed by atoms with Gasteiger partial charge in [-0.2, -0.15) is 0 Å². The Kier molecular flexibility index (Phi) is 5.18. The largest absolute Gasteiger partial charge is 0.507 e. The first-order valence-electron chi connectivity index (χ1n) is 12.4. The fraction of sp³-hybridized carbons (Fsp3) is 0.593. The molecule has 1 unspecified atom stereocenters. The molecule has 3 aliphatic carbocycles. The van der Waals surface area contributed by atoms with Crippen molar-refractivity contribution in [2.75, 3.05) is 0 Å². The number of ketones is 3. The van der Waals surface area contributed by atoms with E-state index in [2.05, 4.69) is 41.5 Å². The van der Waals surface area contributed by atoms with Crippen LogP contribution in [0.4, 0.5) is 0 Å². The number of rotatable bonds is 5. The lowest BCUT2D eigenvalue weighted by Gasteiger charge is -2.49. The molecule has 1 aromatic rings. The van der Waals surface area contributed by atoms with E-state index in [-0.39, 0.29) is 35.1 Å². The maximum absolute atomic E-state index is 13.7. The fourth-order valence-corrected chi connectivity index (χ4v) is 13.0. The summed E-state index contributed by atoms with van der Waals surface area (Å²) in [5.74, 6) is -1.94. The summed E-state index contributed by atoms with van der Waals surface area (Å²) in [6, 6.07) is 4.75. The number of fused-ring (bicyclic) bond motifs is 5. The second-order valence-corrected chi connectivity index (χ2v) is 16.9. The standard InChI is InChI=1S/C27H34O6Si/c1-12(2)34(13(3)4,14(5)6)33-24-20-16(25(31)27(7)26(24)32-27)11-18(29)21-19-15(23(30)22(20)21)9-8-10-17(19)28/h8-10,12-14,16,20,24,26,28H,11H2,1-7H3/t16?,20-,24-,26+,27-/m1/s1. The smallest absolute Gasteiger partial charge is 0.200 e. The molecule has 1 saturated carbocycles. The van der Waals surface area contributed by atoms with E-state index >= 15 is 0 Å². The van der Waals surface area contributed by atoms with Crippen LogP contribution in [0.15, 0.2) is 23.8 Å². The highest BCUT2D eigenvalue weighted by atomic mass is 28.4. The van der Waals surface area contributed by atoms with E-state index in [1.165, 1.54) is 6.07 Å². The Labute approximate surface area is 201 Å². The van der Waals surface area contributed by atoms with Crippen molar-refractivity contribution < 1.29 is 28.7 Å². The Hall–Kier alpha value is -2.09. The summed E-state index contributed by atoms with van der Waals surface area (Å²) in [4.78, 5) is 40.5. The number of phenolic OH excluding ortho intramolecular Hbond substituents is 1. The van der Waals surface area contributed by atoms with Gasteiger partial charge in [0.15, 0.2) is 23.0 Å². The summed E-state index contributed by atoms with van der Waals surface area (Å²) < 4.78 is 13.3. The number of epoxide rings is 1. The van der Waals surface area contributed by atoms with Crippen LogP contribution >= 0.6 is 0 Å². The lowest BCUT2D eigenvalue weighted by molar-refractivity contribution is -0.134. The Morgan fingerprint density at radius 1 is 1.06 bits per heavy atom. The van der Waals surface area contributed by atoms with Gasteiger partial charge in [0.2, 0.25) is 8.32 Å². The molecule has 0 bridgehead atoms. The molecule has 1 saturated heterocycles.